The van der Waals surface area contributed by atoms with E-state index in [0.29, 0.717) is 38.3 Å². The average Bonchev–Trinajstić information content (AvgIpc) is 2.79. The van der Waals surface area contributed by atoms with Crippen LogP contribution in [0.15, 0.2) is 49.2 Å². The van der Waals surface area contributed by atoms with Gasteiger partial charge in [-0.25, -0.2) is 9.78 Å². The van der Waals surface area contributed by atoms with Gasteiger partial charge in [0, 0.05) is 10.4 Å². The molecule has 0 bridgehead atoms. The van der Waals surface area contributed by atoms with Crippen molar-refractivity contribution in [1.29, 1.82) is 0 Å². The molecule has 0 aliphatic heterocycles. The molecule has 1 atom stereocenters. The van der Waals surface area contributed by atoms with Crippen LogP contribution in [0.2, 0.25) is 0 Å². The van der Waals surface area contributed by atoms with Gasteiger partial charge in [0.25, 0.3) is 5.56 Å². The molecule has 1 aromatic heterocycles. The molecule has 34 heavy (non-hydrogen) atoms. The van der Waals surface area contributed by atoms with E-state index >= 15 is 0 Å². The predicted octanol–water partition coefficient (Wildman–Crippen LogP) is 5.27. The lowest BCUT2D eigenvalue weighted by molar-refractivity contribution is -0.150. The van der Waals surface area contributed by atoms with Gasteiger partial charge in [-0.2, -0.15) is 9.78 Å². The lowest BCUT2D eigenvalue weighted by Crippen LogP contribution is -2.26. The second-order valence-electron chi connectivity index (χ2n) is 7.69. The smallest absolute Gasteiger partial charge is 0.347 e. The summed E-state index contributed by atoms with van der Waals surface area (Å²) in [6.45, 7) is 7.50. The van der Waals surface area contributed by atoms with E-state index in [1.165, 1.54) is 11.8 Å². The number of rotatable bonds is 8. The molecule has 0 radical (unpaired) electrons. The Morgan fingerprint density at radius 3 is 2.59 bits per heavy atom. The van der Waals surface area contributed by atoms with Crippen molar-refractivity contribution < 1.29 is 19.0 Å². The molecule has 0 aliphatic rings. The molecule has 0 saturated carbocycles. The van der Waals surface area contributed by atoms with E-state index in [1.54, 1.807) is 44.3 Å². The molecule has 180 valence electrons. The van der Waals surface area contributed by atoms with E-state index in [2.05, 4.69) is 41.9 Å². The summed E-state index contributed by atoms with van der Waals surface area (Å²) in [6, 6.07) is 8.84. The maximum Gasteiger partial charge on any atom is 0.347 e. The van der Waals surface area contributed by atoms with Crippen LogP contribution < -0.4 is 15.0 Å². The molecular formula is C24H25Br2N3O5. The fraction of sp³-hybridized carbons (Fsp3) is 0.333. The van der Waals surface area contributed by atoms with Crippen molar-refractivity contribution >= 4 is 54.9 Å². The topological polar surface area (TPSA) is 92.0 Å². The van der Waals surface area contributed by atoms with Crippen LogP contribution in [0.25, 0.3) is 10.9 Å². The number of hydrogen-bond acceptors (Lipinski definition) is 7. The Morgan fingerprint density at radius 1 is 1.21 bits per heavy atom. The number of benzene rings is 2. The number of nitrogens with zero attached hydrogens (tertiary/aromatic N) is 3. The lowest BCUT2D eigenvalue weighted by Gasteiger charge is -2.17. The molecule has 0 spiro atoms. The van der Waals surface area contributed by atoms with E-state index in [9.17, 15) is 9.59 Å². The highest BCUT2D eigenvalue weighted by atomic mass is 79.9. The van der Waals surface area contributed by atoms with Gasteiger partial charge >= 0.3 is 5.97 Å². The second kappa shape index (κ2) is 11.1. The zero-order chi connectivity index (χ0) is 25.0. The number of esters is 1. The van der Waals surface area contributed by atoms with Crippen LogP contribution in [-0.2, 0) is 9.53 Å². The van der Waals surface area contributed by atoms with Gasteiger partial charge in [0.2, 0.25) is 0 Å². The molecule has 0 saturated heterocycles. The minimum atomic E-state index is -0.820. The highest BCUT2D eigenvalue weighted by Gasteiger charge is 2.21. The molecule has 0 amide bonds. The first kappa shape index (κ1) is 25.9. The van der Waals surface area contributed by atoms with Gasteiger partial charge in [-0.15, -0.1) is 0 Å². The highest BCUT2D eigenvalue weighted by molar-refractivity contribution is 9.10. The summed E-state index contributed by atoms with van der Waals surface area (Å²) in [5, 5.41) is 4.91. The first-order valence-electron chi connectivity index (χ1n) is 10.6. The molecule has 0 fully saturated rings. The Bertz CT molecular complexity index is 1300. The van der Waals surface area contributed by atoms with Crippen LogP contribution >= 0.6 is 31.9 Å². The summed E-state index contributed by atoms with van der Waals surface area (Å²) in [6.07, 6.45) is 0.727. The first-order chi connectivity index (χ1) is 16.2. The maximum absolute atomic E-state index is 13.2. The number of carbonyl (C=O) groups excluding carboxylic acids is 1. The van der Waals surface area contributed by atoms with Crippen LogP contribution in [0.4, 0.5) is 0 Å². The van der Waals surface area contributed by atoms with Crippen molar-refractivity contribution in [2.24, 2.45) is 5.10 Å². The molecule has 8 nitrogen and oxygen atoms in total. The summed E-state index contributed by atoms with van der Waals surface area (Å²) in [7, 11) is 1.50. The number of aromatic nitrogens is 2. The number of methoxy groups -OCH3 is 1. The van der Waals surface area contributed by atoms with E-state index in [4.69, 9.17) is 14.2 Å². The third kappa shape index (κ3) is 5.67. The molecule has 10 heteroatoms. The number of ether oxygens (including phenoxy) is 3. The van der Waals surface area contributed by atoms with Crippen LogP contribution in [0.5, 0.6) is 11.5 Å². The van der Waals surface area contributed by atoms with Crippen molar-refractivity contribution in [3.63, 3.8) is 0 Å². The Kier molecular flexibility index (Phi) is 8.48. The number of hydrogen-bond donors (Lipinski definition) is 0. The molecule has 0 N–H and O–H groups in total. The Labute approximate surface area is 214 Å². The van der Waals surface area contributed by atoms with E-state index in [-0.39, 0.29) is 18.1 Å². The molecule has 0 aliphatic carbocycles. The quantitative estimate of drug-likeness (QED) is 0.261. The summed E-state index contributed by atoms with van der Waals surface area (Å²) in [5.74, 6) is 0.796. The fourth-order valence-corrected chi connectivity index (χ4v) is 4.10. The monoisotopic (exact) mass is 593 g/mol. The van der Waals surface area contributed by atoms with Crippen LogP contribution in [0, 0.1) is 0 Å². The van der Waals surface area contributed by atoms with E-state index in [1.807, 2.05) is 19.9 Å². The largest absolute Gasteiger partial charge is 0.493 e. The fourth-order valence-electron chi connectivity index (χ4n) is 3.19. The molecule has 0 unspecified atom stereocenters. The third-order valence-electron chi connectivity index (χ3n) is 4.84. The van der Waals surface area contributed by atoms with Gasteiger partial charge in [-0.1, -0.05) is 29.8 Å². The molecule has 3 aromatic rings. The van der Waals surface area contributed by atoms with Crippen molar-refractivity contribution in [1.82, 2.24) is 9.66 Å². The van der Waals surface area contributed by atoms with Gasteiger partial charge < -0.3 is 14.2 Å². The minimum absolute atomic E-state index is 0.0284. The zero-order valence-corrected chi connectivity index (χ0v) is 22.6. The van der Waals surface area contributed by atoms with Gasteiger partial charge in [-0.05, 0) is 65.7 Å². The van der Waals surface area contributed by atoms with E-state index in [0.717, 1.165) is 4.47 Å². The van der Waals surface area contributed by atoms with Gasteiger partial charge in [0.15, 0.2) is 17.6 Å². The number of halogens is 2. The van der Waals surface area contributed by atoms with Crippen molar-refractivity contribution in [2.75, 3.05) is 13.7 Å². The molecule has 2 aromatic carbocycles. The average molecular weight is 595 g/mol. The maximum atomic E-state index is 13.2. The Balaban J connectivity index is 2.02. The standard InChI is InChI=1S/C24H25Br2N3O5/c1-6-33-24(31)14(4)34-21-18(26)9-15(10-20(21)32-5)12-27-29-22(13(2)3)28-19-8-7-16(25)11-17(19)23(29)30/h7-14H,6H2,1-5H3/t14-/m0/s1. The number of carbonyl (C=O) groups is 1. The predicted molar refractivity (Wildman–Crippen MR) is 138 cm³/mol. The van der Waals surface area contributed by atoms with Crippen molar-refractivity contribution in [3.8, 4) is 11.5 Å². The minimum Gasteiger partial charge on any atom is -0.493 e. The van der Waals surface area contributed by atoms with Crippen LogP contribution in [0.1, 0.15) is 45.0 Å². The Morgan fingerprint density at radius 2 is 1.94 bits per heavy atom. The second-order valence-corrected chi connectivity index (χ2v) is 9.46. The molecular weight excluding hydrogens is 570 g/mol. The lowest BCUT2D eigenvalue weighted by atomic mass is 10.2. The zero-order valence-electron chi connectivity index (χ0n) is 19.5. The van der Waals surface area contributed by atoms with Gasteiger partial charge in [0.1, 0.15) is 5.82 Å². The van der Waals surface area contributed by atoms with Crippen LogP contribution in [-0.4, -0.2) is 41.7 Å². The first-order valence-corrected chi connectivity index (χ1v) is 12.2. The molecule has 1 heterocycles. The van der Waals surface area contributed by atoms with Gasteiger partial charge in [0.05, 0.1) is 35.3 Å². The van der Waals surface area contributed by atoms with Crippen LogP contribution in [0.3, 0.4) is 0 Å². The summed E-state index contributed by atoms with van der Waals surface area (Å²) in [4.78, 5) is 29.8. The summed E-state index contributed by atoms with van der Waals surface area (Å²) >= 11 is 6.87. The Hall–Kier alpha value is -2.72. The highest BCUT2D eigenvalue weighted by Crippen LogP contribution is 2.37. The normalized spacial score (nSPS) is 12.4. The van der Waals surface area contributed by atoms with Crippen molar-refractivity contribution in [2.45, 2.75) is 39.7 Å². The third-order valence-corrected chi connectivity index (χ3v) is 5.92. The summed E-state index contributed by atoms with van der Waals surface area (Å²) in [5.41, 5.74) is 1.00. The van der Waals surface area contributed by atoms with Crippen molar-refractivity contribution in [3.05, 3.63) is 61.0 Å². The SMILES string of the molecule is CCOC(=O)[C@H](C)Oc1c(Br)cc(C=Nn2c(C(C)C)nc3ccc(Br)cc3c2=O)cc1OC. The van der Waals surface area contributed by atoms with E-state index < -0.39 is 12.1 Å². The summed E-state index contributed by atoms with van der Waals surface area (Å²) < 4.78 is 18.9. The van der Waals surface area contributed by atoms with Gasteiger partial charge in [-0.3, -0.25) is 4.79 Å². The molecule has 3 rings (SSSR count). The number of fused-ring (bicyclic) bond motifs is 1.